The molecule has 0 amide bonds. The molecule has 1 aliphatic rings. The molecule has 0 saturated heterocycles. The molecule has 1 aliphatic heterocycles. The second-order valence-corrected chi connectivity index (χ2v) is 9.06. The van der Waals surface area contributed by atoms with Gasteiger partial charge in [0.05, 0.1) is 36.2 Å². The highest BCUT2D eigenvalue weighted by atomic mass is 16.6. The number of nitrogens with one attached hydrogen (secondary N) is 1. The zero-order valence-corrected chi connectivity index (χ0v) is 22.9. The number of rotatable bonds is 9. The van der Waals surface area contributed by atoms with Crippen molar-refractivity contribution in [2.75, 3.05) is 14.2 Å². The van der Waals surface area contributed by atoms with E-state index in [2.05, 4.69) is 12.2 Å². The summed E-state index contributed by atoms with van der Waals surface area (Å²) in [7, 11) is 2.42. The molecule has 2 aromatic carbocycles. The van der Waals surface area contributed by atoms with E-state index in [4.69, 9.17) is 14.6 Å². The van der Waals surface area contributed by atoms with E-state index in [9.17, 15) is 24.8 Å². The first-order valence-corrected chi connectivity index (χ1v) is 12.7. The minimum Gasteiger partial charge on any atom is -0.508 e. The van der Waals surface area contributed by atoms with Crippen LogP contribution >= 0.6 is 0 Å². The number of unbranched alkanes of at least 4 members (excludes halogenated alkanes) is 3. The number of aromatic hydroxyl groups is 2. The van der Waals surface area contributed by atoms with Gasteiger partial charge in [0.25, 0.3) is 5.69 Å². The van der Waals surface area contributed by atoms with Crippen molar-refractivity contribution in [2.24, 2.45) is 0 Å². The third kappa shape index (κ3) is 7.83. The number of phenolic OH excluding ortho intramolecular Hbond substituents is 2. The van der Waals surface area contributed by atoms with Crippen LogP contribution in [0.4, 0.5) is 5.69 Å². The molecular weight excluding hydrogens is 504 g/mol. The largest absolute Gasteiger partial charge is 0.508 e. The smallest absolute Gasteiger partial charge is 0.336 e. The van der Waals surface area contributed by atoms with Crippen molar-refractivity contribution in [3.63, 3.8) is 0 Å². The van der Waals surface area contributed by atoms with Crippen molar-refractivity contribution in [2.45, 2.75) is 58.8 Å². The van der Waals surface area contributed by atoms with Crippen LogP contribution in [0.15, 0.2) is 65.0 Å². The summed E-state index contributed by atoms with van der Waals surface area (Å²) >= 11 is 0. The predicted octanol–water partition coefficient (Wildman–Crippen LogP) is 5.40. The number of carbonyl (C=O) groups excluding carboxylic acids is 2. The second-order valence-electron chi connectivity index (χ2n) is 9.06. The van der Waals surface area contributed by atoms with Crippen LogP contribution in [-0.2, 0) is 25.5 Å². The Balaban J connectivity index is 0.000000322. The number of dihydropyridines is 1. The molecular formula is C29H36N2O8. The normalized spacial score (nSPS) is 13.3. The molecule has 10 heteroatoms. The number of nitro benzene ring substituents is 1. The third-order valence-electron chi connectivity index (χ3n) is 6.38. The Kier molecular flexibility index (Phi) is 11.5. The van der Waals surface area contributed by atoms with E-state index in [0.717, 1.165) is 18.4 Å². The molecule has 0 unspecified atom stereocenters. The lowest BCUT2D eigenvalue weighted by Crippen LogP contribution is -2.32. The maximum absolute atomic E-state index is 12.3. The van der Waals surface area contributed by atoms with E-state index < -0.39 is 22.8 Å². The van der Waals surface area contributed by atoms with E-state index in [1.54, 1.807) is 32.0 Å². The van der Waals surface area contributed by atoms with Gasteiger partial charge in [-0.3, -0.25) is 10.1 Å². The van der Waals surface area contributed by atoms with E-state index in [1.807, 2.05) is 0 Å². The minimum atomic E-state index is -0.970. The number of methoxy groups -OCH3 is 2. The van der Waals surface area contributed by atoms with Gasteiger partial charge in [0.15, 0.2) is 0 Å². The Labute approximate surface area is 228 Å². The molecule has 2 aromatic rings. The Morgan fingerprint density at radius 1 is 0.949 bits per heavy atom. The lowest BCUT2D eigenvalue weighted by Gasteiger charge is -2.29. The molecule has 0 saturated carbocycles. The maximum Gasteiger partial charge on any atom is 0.336 e. The van der Waals surface area contributed by atoms with Crippen molar-refractivity contribution in [1.82, 2.24) is 5.32 Å². The number of aryl methyl sites for hydroxylation is 1. The fourth-order valence-corrected chi connectivity index (χ4v) is 4.47. The van der Waals surface area contributed by atoms with Crippen molar-refractivity contribution >= 4 is 17.6 Å². The molecule has 3 N–H and O–H groups in total. The van der Waals surface area contributed by atoms with Gasteiger partial charge in [-0.05, 0) is 38.3 Å². The summed E-state index contributed by atoms with van der Waals surface area (Å²) in [6, 6.07) is 10.8. The Morgan fingerprint density at radius 2 is 1.54 bits per heavy atom. The summed E-state index contributed by atoms with van der Waals surface area (Å²) in [5.41, 5.74) is 2.12. The first kappa shape index (κ1) is 30.9. The SMILES string of the molecule is CCCCCCc1ccc(O)cc1O.COC(=O)C1=C(C)NC(C)=C(C(=O)OC)C1c1ccccc1[N+](=O)[O-]. The van der Waals surface area contributed by atoms with Gasteiger partial charge < -0.3 is 25.0 Å². The average Bonchev–Trinajstić information content (AvgIpc) is 2.91. The molecule has 10 nitrogen and oxygen atoms in total. The molecule has 210 valence electrons. The highest BCUT2D eigenvalue weighted by molar-refractivity contribution is 6.00. The number of benzene rings is 2. The van der Waals surface area contributed by atoms with Crippen LogP contribution in [0, 0.1) is 10.1 Å². The predicted molar refractivity (Wildman–Crippen MR) is 146 cm³/mol. The summed E-state index contributed by atoms with van der Waals surface area (Å²) in [4.78, 5) is 35.6. The summed E-state index contributed by atoms with van der Waals surface area (Å²) in [6.07, 6.45) is 5.68. The van der Waals surface area contributed by atoms with Gasteiger partial charge >= 0.3 is 11.9 Å². The summed E-state index contributed by atoms with van der Waals surface area (Å²) in [5, 5.41) is 33.0. The lowest BCUT2D eigenvalue weighted by molar-refractivity contribution is -0.385. The number of nitro groups is 1. The molecule has 0 atom stereocenters. The molecule has 1 heterocycles. The minimum absolute atomic E-state index is 0.125. The zero-order valence-electron chi connectivity index (χ0n) is 22.9. The monoisotopic (exact) mass is 540 g/mol. The highest BCUT2D eigenvalue weighted by Gasteiger charge is 2.40. The lowest BCUT2D eigenvalue weighted by atomic mass is 9.79. The van der Waals surface area contributed by atoms with E-state index in [-0.39, 0.29) is 33.9 Å². The van der Waals surface area contributed by atoms with Gasteiger partial charge in [0, 0.05) is 29.1 Å². The number of hydrogen-bond donors (Lipinski definition) is 3. The fraction of sp³-hybridized carbons (Fsp3) is 0.379. The number of esters is 2. The average molecular weight is 541 g/mol. The van der Waals surface area contributed by atoms with Gasteiger partial charge in [-0.15, -0.1) is 0 Å². The van der Waals surface area contributed by atoms with Crippen LogP contribution in [-0.4, -0.2) is 41.3 Å². The topological polar surface area (TPSA) is 148 Å². The molecule has 39 heavy (non-hydrogen) atoms. The van der Waals surface area contributed by atoms with Gasteiger partial charge in [0.2, 0.25) is 0 Å². The molecule has 0 aliphatic carbocycles. The Hall–Kier alpha value is -4.34. The van der Waals surface area contributed by atoms with Gasteiger partial charge in [-0.25, -0.2) is 9.59 Å². The Morgan fingerprint density at radius 3 is 2.05 bits per heavy atom. The number of carbonyl (C=O) groups is 2. The van der Waals surface area contributed by atoms with Gasteiger partial charge in [-0.2, -0.15) is 0 Å². The highest BCUT2D eigenvalue weighted by Crippen LogP contribution is 2.42. The first-order valence-electron chi connectivity index (χ1n) is 12.7. The first-order chi connectivity index (χ1) is 18.6. The van der Waals surface area contributed by atoms with Crippen molar-refractivity contribution in [3.8, 4) is 11.5 Å². The van der Waals surface area contributed by atoms with Crippen LogP contribution in [0.2, 0.25) is 0 Å². The van der Waals surface area contributed by atoms with Crippen LogP contribution in [0.25, 0.3) is 0 Å². The maximum atomic E-state index is 12.3. The standard InChI is InChI=1S/C17H18N2O6.C12H18O2/c1-9-13(16(20)24-3)15(14(10(2)18-9)17(21)25-4)11-7-5-6-8-12(11)19(22)23;1-2-3-4-5-6-10-7-8-11(13)9-12(10)14/h5-8,15,18H,1-4H3;7-9,13-14H,2-6H2,1H3. The van der Waals surface area contributed by atoms with Crippen molar-refractivity contribution in [1.29, 1.82) is 0 Å². The Bertz CT molecular complexity index is 1230. The van der Waals surface area contributed by atoms with Crippen molar-refractivity contribution < 1.29 is 34.2 Å². The molecule has 0 spiro atoms. The number of para-hydroxylation sites is 1. The fourth-order valence-electron chi connectivity index (χ4n) is 4.47. The molecule has 3 rings (SSSR count). The van der Waals surface area contributed by atoms with E-state index >= 15 is 0 Å². The van der Waals surface area contributed by atoms with E-state index in [1.165, 1.54) is 57.7 Å². The zero-order chi connectivity index (χ0) is 29.1. The van der Waals surface area contributed by atoms with Crippen LogP contribution in [0.3, 0.4) is 0 Å². The van der Waals surface area contributed by atoms with Gasteiger partial charge in [0.1, 0.15) is 11.5 Å². The number of allylic oxidation sites excluding steroid dienone is 2. The summed E-state index contributed by atoms with van der Waals surface area (Å²) in [5.74, 6) is -1.99. The summed E-state index contributed by atoms with van der Waals surface area (Å²) < 4.78 is 9.66. The van der Waals surface area contributed by atoms with Crippen LogP contribution in [0.5, 0.6) is 11.5 Å². The number of hydrogen-bond acceptors (Lipinski definition) is 9. The van der Waals surface area contributed by atoms with Crippen LogP contribution in [0.1, 0.15) is 63.5 Å². The molecule has 0 bridgehead atoms. The number of nitrogens with zero attached hydrogens (tertiary/aromatic N) is 1. The molecule has 0 radical (unpaired) electrons. The second kappa shape index (κ2) is 14.6. The van der Waals surface area contributed by atoms with Crippen molar-refractivity contribution in [3.05, 3.63) is 86.2 Å². The molecule has 0 aromatic heterocycles. The van der Waals surface area contributed by atoms with Gasteiger partial charge in [-0.1, -0.05) is 50.5 Å². The number of ether oxygens (including phenoxy) is 2. The molecule has 0 fully saturated rings. The van der Waals surface area contributed by atoms with E-state index in [0.29, 0.717) is 11.4 Å². The third-order valence-corrected chi connectivity index (χ3v) is 6.38. The quantitative estimate of drug-likeness (QED) is 0.165. The number of phenols is 2. The summed E-state index contributed by atoms with van der Waals surface area (Å²) in [6.45, 7) is 5.47. The van der Waals surface area contributed by atoms with Crippen LogP contribution < -0.4 is 5.32 Å².